The summed E-state index contributed by atoms with van der Waals surface area (Å²) in [4.78, 5) is 6.78. The summed E-state index contributed by atoms with van der Waals surface area (Å²) >= 11 is 0. The van der Waals surface area contributed by atoms with Crippen LogP contribution in [0.2, 0.25) is 0 Å². The minimum Gasteiger partial charge on any atom is -0.379 e. The van der Waals surface area contributed by atoms with Crippen molar-refractivity contribution in [1.82, 2.24) is 15.5 Å². The molecule has 0 bridgehead atoms. The van der Waals surface area contributed by atoms with Crippen LogP contribution in [-0.2, 0) is 14.2 Å². The van der Waals surface area contributed by atoms with E-state index in [9.17, 15) is 0 Å². The molecule has 0 aliphatic carbocycles. The van der Waals surface area contributed by atoms with Gasteiger partial charge in [-0.25, -0.2) is 0 Å². The number of hydrogen-bond acceptors (Lipinski definition) is 5. The van der Waals surface area contributed by atoms with E-state index in [1.165, 1.54) is 6.42 Å². The smallest absolute Gasteiger partial charge is 0.191 e. The van der Waals surface area contributed by atoms with Gasteiger partial charge in [-0.15, -0.1) is 0 Å². The van der Waals surface area contributed by atoms with E-state index in [4.69, 9.17) is 14.2 Å². The second-order valence-electron chi connectivity index (χ2n) is 7.33. The van der Waals surface area contributed by atoms with Gasteiger partial charge in [0.25, 0.3) is 0 Å². The molecule has 2 heterocycles. The Balaban J connectivity index is 1.55. The van der Waals surface area contributed by atoms with Crippen molar-refractivity contribution in [2.45, 2.75) is 44.8 Å². The summed E-state index contributed by atoms with van der Waals surface area (Å²) in [5.74, 6) is 0.848. The molecule has 7 nitrogen and oxygen atoms in total. The molecule has 146 valence electrons. The number of guanidine groups is 1. The molecule has 0 radical (unpaired) electrons. The Hall–Kier alpha value is -0.890. The highest BCUT2D eigenvalue weighted by Crippen LogP contribution is 2.15. The second kappa shape index (κ2) is 11.0. The van der Waals surface area contributed by atoms with Crippen molar-refractivity contribution in [3.63, 3.8) is 0 Å². The number of nitrogens with zero attached hydrogens (tertiary/aromatic N) is 2. The maximum Gasteiger partial charge on any atom is 0.191 e. The Bertz CT molecular complexity index is 392. The third-order valence-electron chi connectivity index (χ3n) is 4.86. The molecule has 1 unspecified atom stereocenters. The van der Waals surface area contributed by atoms with Crippen molar-refractivity contribution < 1.29 is 14.2 Å². The van der Waals surface area contributed by atoms with Gasteiger partial charge >= 0.3 is 0 Å². The first kappa shape index (κ1) is 20.4. The second-order valence-corrected chi connectivity index (χ2v) is 7.33. The molecule has 0 aromatic rings. The number of aliphatic imine (C=N–C) groups is 1. The van der Waals surface area contributed by atoms with Gasteiger partial charge in [0.05, 0.1) is 25.9 Å². The molecule has 7 heteroatoms. The quantitative estimate of drug-likeness (QED) is 0.363. The van der Waals surface area contributed by atoms with Gasteiger partial charge in [0.2, 0.25) is 0 Å². The van der Waals surface area contributed by atoms with E-state index < -0.39 is 0 Å². The molecule has 2 fully saturated rings. The number of rotatable bonds is 9. The first-order chi connectivity index (χ1) is 12.1. The van der Waals surface area contributed by atoms with Crippen molar-refractivity contribution in [3.8, 4) is 0 Å². The van der Waals surface area contributed by atoms with Crippen LogP contribution in [-0.4, -0.2) is 88.8 Å². The normalized spacial score (nSPS) is 23.0. The third-order valence-corrected chi connectivity index (χ3v) is 4.86. The van der Waals surface area contributed by atoms with Crippen LogP contribution >= 0.6 is 0 Å². The van der Waals surface area contributed by atoms with Crippen molar-refractivity contribution in [3.05, 3.63) is 0 Å². The average molecular weight is 357 g/mol. The summed E-state index contributed by atoms with van der Waals surface area (Å²) in [6, 6.07) is 0. The highest BCUT2D eigenvalue weighted by Gasteiger charge is 2.28. The molecule has 2 rings (SSSR count). The SMILES string of the molecule is CN=C(NCCCOCC1CCCO1)NCC(C)(C)N1CCOCC1. The maximum atomic E-state index is 5.68. The number of nitrogens with one attached hydrogen (secondary N) is 2. The highest BCUT2D eigenvalue weighted by molar-refractivity contribution is 5.79. The first-order valence-corrected chi connectivity index (χ1v) is 9.58. The molecular weight excluding hydrogens is 320 g/mol. The molecule has 0 aromatic heterocycles. The lowest BCUT2D eigenvalue weighted by Crippen LogP contribution is -2.56. The summed E-state index contributed by atoms with van der Waals surface area (Å²) in [5, 5.41) is 6.80. The van der Waals surface area contributed by atoms with Gasteiger partial charge in [0, 0.05) is 52.0 Å². The molecule has 2 saturated heterocycles. The minimum absolute atomic E-state index is 0.0752. The molecule has 2 aliphatic rings. The largest absolute Gasteiger partial charge is 0.379 e. The fourth-order valence-electron chi connectivity index (χ4n) is 3.17. The molecule has 0 spiro atoms. The van der Waals surface area contributed by atoms with Gasteiger partial charge in [0.15, 0.2) is 5.96 Å². The van der Waals surface area contributed by atoms with Gasteiger partial charge in [-0.1, -0.05) is 0 Å². The van der Waals surface area contributed by atoms with Crippen LogP contribution in [0.15, 0.2) is 4.99 Å². The molecule has 2 aliphatic heterocycles. The Morgan fingerprint density at radius 2 is 2.04 bits per heavy atom. The summed E-state index contributed by atoms with van der Waals surface area (Å²) in [6.45, 7) is 12.2. The Morgan fingerprint density at radius 1 is 1.24 bits per heavy atom. The van der Waals surface area contributed by atoms with Crippen LogP contribution in [0.1, 0.15) is 33.1 Å². The zero-order chi connectivity index (χ0) is 18.0. The van der Waals surface area contributed by atoms with Crippen LogP contribution < -0.4 is 10.6 Å². The molecular formula is C18H36N4O3. The summed E-state index contributed by atoms with van der Waals surface area (Å²) in [7, 11) is 1.81. The first-order valence-electron chi connectivity index (χ1n) is 9.58. The summed E-state index contributed by atoms with van der Waals surface area (Å²) in [6.07, 6.45) is 3.57. The van der Waals surface area contributed by atoms with E-state index in [0.717, 1.165) is 78.0 Å². The molecule has 1 atom stereocenters. The van der Waals surface area contributed by atoms with E-state index in [2.05, 4.69) is 34.4 Å². The van der Waals surface area contributed by atoms with E-state index in [0.29, 0.717) is 6.10 Å². The zero-order valence-corrected chi connectivity index (χ0v) is 16.2. The van der Waals surface area contributed by atoms with Crippen molar-refractivity contribution >= 4 is 5.96 Å². The van der Waals surface area contributed by atoms with Gasteiger partial charge in [-0.05, 0) is 33.1 Å². The monoisotopic (exact) mass is 356 g/mol. The van der Waals surface area contributed by atoms with Gasteiger partial charge in [0.1, 0.15) is 0 Å². The molecule has 0 amide bonds. The number of hydrogen-bond donors (Lipinski definition) is 2. The Morgan fingerprint density at radius 3 is 2.72 bits per heavy atom. The van der Waals surface area contributed by atoms with Gasteiger partial charge in [-0.3, -0.25) is 9.89 Å². The average Bonchev–Trinajstić information content (AvgIpc) is 3.14. The van der Waals surface area contributed by atoms with Gasteiger partial charge in [-0.2, -0.15) is 0 Å². The lowest BCUT2D eigenvalue weighted by atomic mass is 10.0. The molecule has 25 heavy (non-hydrogen) atoms. The number of ether oxygens (including phenoxy) is 3. The Kier molecular flexibility index (Phi) is 8.95. The topological polar surface area (TPSA) is 67.4 Å². The molecule has 2 N–H and O–H groups in total. The van der Waals surface area contributed by atoms with Gasteiger partial charge < -0.3 is 24.8 Å². The Labute approximate surface area is 152 Å². The van der Waals surface area contributed by atoms with Crippen LogP contribution in [0.5, 0.6) is 0 Å². The van der Waals surface area contributed by atoms with Crippen molar-refractivity contribution in [2.75, 3.05) is 66.3 Å². The predicted octanol–water partition coefficient (Wildman–Crippen LogP) is 0.848. The molecule has 0 aromatic carbocycles. The van der Waals surface area contributed by atoms with Crippen molar-refractivity contribution in [2.24, 2.45) is 4.99 Å². The van der Waals surface area contributed by atoms with E-state index in [-0.39, 0.29) is 5.54 Å². The van der Waals surface area contributed by atoms with E-state index in [1.807, 2.05) is 7.05 Å². The maximum absolute atomic E-state index is 5.68. The zero-order valence-electron chi connectivity index (χ0n) is 16.2. The summed E-state index contributed by atoms with van der Waals surface area (Å²) < 4.78 is 16.7. The van der Waals surface area contributed by atoms with Crippen LogP contribution in [0.3, 0.4) is 0 Å². The minimum atomic E-state index is 0.0752. The summed E-state index contributed by atoms with van der Waals surface area (Å²) in [5.41, 5.74) is 0.0752. The molecule has 0 saturated carbocycles. The number of morpholine rings is 1. The fourth-order valence-corrected chi connectivity index (χ4v) is 3.17. The van der Waals surface area contributed by atoms with Crippen LogP contribution in [0, 0.1) is 0 Å². The lowest BCUT2D eigenvalue weighted by Gasteiger charge is -2.41. The third kappa shape index (κ3) is 7.48. The predicted molar refractivity (Wildman–Crippen MR) is 100 cm³/mol. The van der Waals surface area contributed by atoms with Crippen LogP contribution in [0.4, 0.5) is 0 Å². The lowest BCUT2D eigenvalue weighted by molar-refractivity contribution is -0.00834. The highest BCUT2D eigenvalue weighted by atomic mass is 16.5. The standard InChI is InChI=1S/C18H36N4O3/c1-18(2,22-8-12-23-13-9-22)15-21-17(19-3)20-7-5-10-24-14-16-6-4-11-25-16/h16H,4-15H2,1-3H3,(H2,19,20,21). The van der Waals surface area contributed by atoms with E-state index in [1.54, 1.807) is 0 Å². The van der Waals surface area contributed by atoms with Crippen molar-refractivity contribution in [1.29, 1.82) is 0 Å². The fraction of sp³-hybridized carbons (Fsp3) is 0.944. The van der Waals surface area contributed by atoms with Crippen LogP contribution in [0.25, 0.3) is 0 Å². The van der Waals surface area contributed by atoms with E-state index >= 15 is 0 Å².